The predicted molar refractivity (Wildman–Crippen MR) is 62.6 cm³/mol. The predicted octanol–water partition coefficient (Wildman–Crippen LogP) is 1.41. The van der Waals surface area contributed by atoms with Gasteiger partial charge in [0, 0.05) is 6.04 Å². The summed E-state index contributed by atoms with van der Waals surface area (Å²) in [7, 11) is 1.59. The Kier molecular flexibility index (Phi) is 5.58. The van der Waals surface area contributed by atoms with Crippen LogP contribution >= 0.6 is 12.0 Å². The van der Waals surface area contributed by atoms with E-state index in [1.165, 1.54) is 0 Å². The Hall–Kier alpha value is -0.790. The molecule has 1 rings (SSSR count). The standard InChI is InChI=1S/C10H16N2O3S/c1-7(11)5-8-3-4-9(13-2)10(6-8)16-15-14-12/h3-4,6-7H,5,11-12H2,1-2H3/t7-/m1/s1. The molecule has 0 amide bonds. The van der Waals surface area contributed by atoms with Crippen molar-refractivity contribution in [3.8, 4) is 5.75 Å². The van der Waals surface area contributed by atoms with E-state index in [4.69, 9.17) is 16.4 Å². The van der Waals surface area contributed by atoms with E-state index in [0.717, 1.165) is 28.9 Å². The zero-order valence-electron chi connectivity index (χ0n) is 9.30. The molecule has 90 valence electrons. The Labute approximate surface area is 99.1 Å². The Morgan fingerprint density at radius 2 is 2.19 bits per heavy atom. The lowest BCUT2D eigenvalue weighted by Crippen LogP contribution is -2.17. The molecular weight excluding hydrogens is 228 g/mol. The van der Waals surface area contributed by atoms with Crippen molar-refractivity contribution in [2.75, 3.05) is 7.11 Å². The molecule has 0 saturated heterocycles. The first-order valence-corrected chi connectivity index (χ1v) is 5.54. The molecule has 6 heteroatoms. The second-order valence-corrected chi connectivity index (χ2v) is 4.16. The van der Waals surface area contributed by atoms with E-state index < -0.39 is 0 Å². The smallest absolute Gasteiger partial charge is 0.134 e. The fourth-order valence-electron chi connectivity index (χ4n) is 1.34. The number of hydrogen-bond acceptors (Lipinski definition) is 6. The Morgan fingerprint density at radius 1 is 1.44 bits per heavy atom. The third-order valence-electron chi connectivity index (χ3n) is 1.95. The molecule has 0 bridgehead atoms. The molecule has 5 nitrogen and oxygen atoms in total. The van der Waals surface area contributed by atoms with Crippen molar-refractivity contribution in [1.82, 2.24) is 0 Å². The van der Waals surface area contributed by atoms with Gasteiger partial charge >= 0.3 is 0 Å². The molecule has 4 N–H and O–H groups in total. The monoisotopic (exact) mass is 244 g/mol. The largest absolute Gasteiger partial charge is 0.495 e. The number of rotatable bonds is 6. The van der Waals surface area contributed by atoms with Crippen LogP contribution in [0.4, 0.5) is 0 Å². The number of ether oxygens (including phenoxy) is 1. The van der Waals surface area contributed by atoms with Crippen molar-refractivity contribution in [3.63, 3.8) is 0 Å². The highest BCUT2D eigenvalue weighted by molar-refractivity contribution is 7.94. The van der Waals surface area contributed by atoms with Gasteiger partial charge in [-0.3, -0.25) is 0 Å². The normalized spacial score (nSPS) is 12.5. The molecule has 1 atom stereocenters. The van der Waals surface area contributed by atoms with Crippen LogP contribution in [-0.2, 0) is 15.7 Å². The van der Waals surface area contributed by atoms with Gasteiger partial charge in [0.25, 0.3) is 0 Å². The maximum Gasteiger partial charge on any atom is 0.134 e. The first-order valence-electron chi connectivity index (χ1n) is 4.80. The summed E-state index contributed by atoms with van der Waals surface area (Å²) in [6.45, 7) is 1.95. The van der Waals surface area contributed by atoms with Crippen LogP contribution in [0.3, 0.4) is 0 Å². The van der Waals surface area contributed by atoms with E-state index in [1.54, 1.807) is 7.11 Å². The van der Waals surface area contributed by atoms with Crippen molar-refractivity contribution in [2.24, 2.45) is 11.6 Å². The molecule has 0 heterocycles. The first-order chi connectivity index (χ1) is 7.67. The van der Waals surface area contributed by atoms with Gasteiger partial charge in [0.1, 0.15) is 5.75 Å². The van der Waals surface area contributed by atoms with Crippen LogP contribution in [0.25, 0.3) is 0 Å². The van der Waals surface area contributed by atoms with Crippen LogP contribution in [0.5, 0.6) is 5.75 Å². The highest BCUT2D eigenvalue weighted by Crippen LogP contribution is 2.30. The number of benzene rings is 1. The Bertz CT molecular complexity index is 334. The summed E-state index contributed by atoms with van der Waals surface area (Å²) in [5.41, 5.74) is 6.84. The van der Waals surface area contributed by atoms with Crippen molar-refractivity contribution < 1.29 is 14.1 Å². The fourth-order valence-corrected chi connectivity index (χ4v) is 1.89. The van der Waals surface area contributed by atoms with E-state index in [-0.39, 0.29) is 6.04 Å². The number of hydrogen-bond donors (Lipinski definition) is 2. The molecular formula is C10H16N2O3S. The summed E-state index contributed by atoms with van der Waals surface area (Å²) in [6.07, 6.45) is 0.793. The molecule has 0 unspecified atom stereocenters. The molecule has 0 radical (unpaired) electrons. The molecule has 0 aliphatic heterocycles. The molecule has 0 saturated carbocycles. The topological polar surface area (TPSA) is 79.7 Å². The molecule has 1 aromatic carbocycles. The highest BCUT2D eigenvalue weighted by atomic mass is 32.2. The summed E-state index contributed by atoms with van der Waals surface area (Å²) >= 11 is 1.000. The molecule has 0 spiro atoms. The maximum atomic E-state index is 5.73. The van der Waals surface area contributed by atoms with E-state index in [2.05, 4.69) is 9.32 Å². The van der Waals surface area contributed by atoms with Gasteiger partial charge in [0.2, 0.25) is 0 Å². The van der Waals surface area contributed by atoms with Crippen molar-refractivity contribution in [3.05, 3.63) is 23.8 Å². The third-order valence-corrected chi connectivity index (χ3v) is 2.59. The average Bonchev–Trinajstić information content (AvgIpc) is 2.25. The van der Waals surface area contributed by atoms with Gasteiger partial charge in [0.15, 0.2) is 0 Å². The van der Waals surface area contributed by atoms with Gasteiger partial charge < -0.3 is 10.5 Å². The Morgan fingerprint density at radius 3 is 2.75 bits per heavy atom. The zero-order chi connectivity index (χ0) is 12.0. The van der Waals surface area contributed by atoms with E-state index >= 15 is 0 Å². The summed E-state index contributed by atoms with van der Waals surface area (Å²) in [5.74, 6) is 5.49. The third kappa shape index (κ3) is 3.99. The van der Waals surface area contributed by atoms with Crippen molar-refractivity contribution in [2.45, 2.75) is 24.3 Å². The lowest BCUT2D eigenvalue weighted by Gasteiger charge is -2.10. The fraction of sp³-hybridized carbons (Fsp3) is 0.400. The Balaban J connectivity index is 2.83. The zero-order valence-corrected chi connectivity index (χ0v) is 10.1. The lowest BCUT2D eigenvalue weighted by molar-refractivity contribution is -0.195. The van der Waals surface area contributed by atoms with Crippen LogP contribution < -0.4 is 16.4 Å². The second-order valence-electron chi connectivity index (χ2n) is 3.41. The van der Waals surface area contributed by atoms with Gasteiger partial charge in [-0.25, -0.2) is 0 Å². The molecule has 1 aromatic rings. The first kappa shape index (κ1) is 13.3. The van der Waals surface area contributed by atoms with Crippen molar-refractivity contribution >= 4 is 12.0 Å². The molecule has 0 aromatic heterocycles. The van der Waals surface area contributed by atoms with Gasteiger partial charge in [-0.15, -0.1) is 9.32 Å². The number of methoxy groups -OCH3 is 1. The summed E-state index contributed by atoms with van der Waals surface area (Å²) < 4.78 is 9.78. The van der Waals surface area contributed by atoms with Crippen molar-refractivity contribution in [1.29, 1.82) is 0 Å². The quantitative estimate of drug-likeness (QED) is 0.447. The van der Waals surface area contributed by atoms with Gasteiger partial charge in [-0.1, -0.05) is 6.07 Å². The minimum atomic E-state index is 0.109. The maximum absolute atomic E-state index is 5.73. The summed E-state index contributed by atoms with van der Waals surface area (Å²) in [4.78, 5) is 4.85. The summed E-state index contributed by atoms with van der Waals surface area (Å²) in [6, 6.07) is 5.87. The van der Waals surface area contributed by atoms with Crippen LogP contribution in [0, 0.1) is 0 Å². The SMILES string of the molecule is COc1ccc(C[C@@H](C)N)cc1SOON. The number of nitrogens with two attached hydrogens (primary N) is 2. The van der Waals surface area contributed by atoms with Crippen LogP contribution in [-0.4, -0.2) is 13.2 Å². The lowest BCUT2D eigenvalue weighted by atomic mass is 10.1. The molecule has 0 aliphatic carbocycles. The highest BCUT2D eigenvalue weighted by Gasteiger charge is 2.07. The van der Waals surface area contributed by atoms with Crippen LogP contribution in [0.2, 0.25) is 0 Å². The van der Waals surface area contributed by atoms with E-state index in [9.17, 15) is 0 Å². The minimum absolute atomic E-state index is 0.109. The van der Waals surface area contributed by atoms with Gasteiger partial charge in [0.05, 0.1) is 24.0 Å². The van der Waals surface area contributed by atoms with Gasteiger partial charge in [-0.2, -0.15) is 5.90 Å². The van der Waals surface area contributed by atoms with Gasteiger partial charge in [-0.05, 0) is 31.0 Å². The van der Waals surface area contributed by atoms with E-state index in [1.807, 2.05) is 25.1 Å². The second kappa shape index (κ2) is 6.72. The molecule has 16 heavy (non-hydrogen) atoms. The average molecular weight is 244 g/mol. The van der Waals surface area contributed by atoms with Crippen LogP contribution in [0.1, 0.15) is 12.5 Å². The van der Waals surface area contributed by atoms with Crippen LogP contribution in [0.15, 0.2) is 23.1 Å². The molecule has 0 aliphatic rings. The summed E-state index contributed by atoms with van der Waals surface area (Å²) in [5, 5.41) is 0. The molecule has 0 fully saturated rings. The minimum Gasteiger partial charge on any atom is -0.495 e. The van der Waals surface area contributed by atoms with E-state index in [0.29, 0.717) is 5.75 Å².